The Hall–Kier alpha value is -2.34. The molecule has 1 amide bonds. The van der Waals surface area contributed by atoms with Gasteiger partial charge in [0, 0.05) is 31.7 Å². The molecule has 0 saturated carbocycles. The van der Waals surface area contributed by atoms with Crippen LogP contribution in [-0.4, -0.2) is 39.7 Å². The van der Waals surface area contributed by atoms with Gasteiger partial charge in [0.1, 0.15) is 0 Å². The summed E-state index contributed by atoms with van der Waals surface area (Å²) in [6, 6.07) is 16.7. The average molecular weight is 375 g/mol. The first-order valence-electron chi connectivity index (χ1n) is 8.78. The first-order chi connectivity index (χ1) is 12.4. The lowest BCUT2D eigenvalue weighted by Crippen LogP contribution is -2.35. The summed E-state index contributed by atoms with van der Waals surface area (Å²) in [6.45, 7) is 5.95. The van der Waals surface area contributed by atoms with Crippen LogP contribution in [0.25, 0.3) is 0 Å². The van der Waals surface area contributed by atoms with Crippen LogP contribution in [0.5, 0.6) is 0 Å². The van der Waals surface area contributed by atoms with Gasteiger partial charge in [-0.25, -0.2) is 8.42 Å². The molecule has 0 heterocycles. The molecule has 0 spiro atoms. The van der Waals surface area contributed by atoms with Crippen molar-refractivity contribution in [2.75, 3.05) is 30.3 Å². The van der Waals surface area contributed by atoms with Crippen LogP contribution in [0.3, 0.4) is 0 Å². The molecule has 140 valence electrons. The Morgan fingerprint density at radius 1 is 1.04 bits per heavy atom. The molecule has 2 aromatic carbocycles. The smallest absolute Gasteiger partial charge is 0.221 e. The number of rotatable bonds is 9. The van der Waals surface area contributed by atoms with Gasteiger partial charge in [-0.2, -0.15) is 0 Å². The van der Waals surface area contributed by atoms with E-state index < -0.39 is 9.84 Å². The summed E-state index contributed by atoms with van der Waals surface area (Å²) in [4.78, 5) is 14.4. The molecule has 0 bridgehead atoms. The summed E-state index contributed by atoms with van der Waals surface area (Å²) in [5.74, 6) is -0.428. The molecule has 0 unspecified atom stereocenters. The van der Waals surface area contributed by atoms with Crippen molar-refractivity contribution in [1.29, 1.82) is 0 Å². The van der Waals surface area contributed by atoms with E-state index in [1.807, 2.05) is 37.3 Å². The van der Waals surface area contributed by atoms with E-state index in [1.54, 1.807) is 24.3 Å². The van der Waals surface area contributed by atoms with E-state index in [2.05, 4.69) is 17.1 Å². The van der Waals surface area contributed by atoms with E-state index in [0.717, 1.165) is 17.8 Å². The molecule has 0 aliphatic carbocycles. The highest BCUT2D eigenvalue weighted by molar-refractivity contribution is 7.91. The second-order valence-corrected chi connectivity index (χ2v) is 8.26. The Labute approximate surface area is 156 Å². The maximum Gasteiger partial charge on any atom is 0.221 e. The Morgan fingerprint density at radius 3 is 2.31 bits per heavy atom. The van der Waals surface area contributed by atoms with Crippen LogP contribution >= 0.6 is 0 Å². The van der Waals surface area contributed by atoms with Gasteiger partial charge in [-0.05, 0) is 38.1 Å². The van der Waals surface area contributed by atoms with Crippen LogP contribution < -0.4 is 10.2 Å². The molecule has 2 aromatic rings. The zero-order valence-corrected chi connectivity index (χ0v) is 16.1. The molecule has 0 radical (unpaired) electrons. The van der Waals surface area contributed by atoms with Crippen LogP contribution in [0, 0.1) is 6.92 Å². The summed E-state index contributed by atoms with van der Waals surface area (Å²) in [6.07, 6.45) is -0.0341. The number of anilines is 1. The number of nitrogens with one attached hydrogen (secondary N) is 1. The monoisotopic (exact) mass is 374 g/mol. The highest BCUT2D eigenvalue weighted by Crippen LogP contribution is 2.13. The fourth-order valence-corrected chi connectivity index (χ4v) is 3.86. The molecule has 26 heavy (non-hydrogen) atoms. The minimum atomic E-state index is -3.43. The zero-order valence-electron chi connectivity index (χ0n) is 15.3. The zero-order chi connectivity index (χ0) is 19.0. The molecule has 0 fully saturated rings. The summed E-state index contributed by atoms with van der Waals surface area (Å²) in [7, 11) is -3.43. The molecule has 6 heteroatoms. The predicted octanol–water partition coefficient (Wildman–Crippen LogP) is 2.80. The average Bonchev–Trinajstić information content (AvgIpc) is 2.65. The van der Waals surface area contributed by atoms with Crippen LogP contribution in [0.4, 0.5) is 5.69 Å². The molecule has 0 aromatic heterocycles. The van der Waals surface area contributed by atoms with Crippen LogP contribution in [0.2, 0.25) is 0 Å². The normalized spacial score (nSPS) is 11.2. The molecule has 2 rings (SSSR count). The second kappa shape index (κ2) is 9.38. The topological polar surface area (TPSA) is 66.5 Å². The van der Waals surface area contributed by atoms with Gasteiger partial charge in [-0.3, -0.25) is 4.79 Å². The van der Waals surface area contributed by atoms with Crippen molar-refractivity contribution < 1.29 is 13.2 Å². The van der Waals surface area contributed by atoms with Gasteiger partial charge >= 0.3 is 0 Å². The third-order valence-corrected chi connectivity index (χ3v) is 5.92. The van der Waals surface area contributed by atoms with Gasteiger partial charge in [0.2, 0.25) is 5.91 Å². The van der Waals surface area contributed by atoms with Gasteiger partial charge in [-0.1, -0.05) is 35.9 Å². The van der Waals surface area contributed by atoms with Crippen LogP contribution in [0.1, 0.15) is 18.9 Å². The second-order valence-electron chi connectivity index (χ2n) is 6.15. The minimum absolute atomic E-state index is 0.0341. The summed E-state index contributed by atoms with van der Waals surface area (Å²) >= 11 is 0. The molecule has 0 atom stereocenters. The summed E-state index contributed by atoms with van der Waals surface area (Å²) in [5, 5.41) is 2.81. The standard InChI is InChI=1S/C20H26N2O3S/c1-3-22(18-7-5-4-6-8-18)15-14-21-20(23)13-16-26(24,25)19-11-9-17(2)10-12-19/h4-12H,3,13-16H2,1-2H3,(H,21,23). The number of hydrogen-bond acceptors (Lipinski definition) is 4. The number of amides is 1. The van der Waals surface area contributed by atoms with Crippen molar-refractivity contribution in [2.45, 2.75) is 25.2 Å². The van der Waals surface area contributed by atoms with Gasteiger partial charge in [0.25, 0.3) is 0 Å². The Morgan fingerprint density at radius 2 is 1.69 bits per heavy atom. The highest BCUT2D eigenvalue weighted by atomic mass is 32.2. The Kier molecular flexibility index (Phi) is 7.21. The molecule has 0 aliphatic rings. The lowest BCUT2D eigenvalue weighted by atomic mass is 10.2. The van der Waals surface area contributed by atoms with Gasteiger partial charge in [0.15, 0.2) is 9.84 Å². The van der Waals surface area contributed by atoms with Crippen molar-refractivity contribution in [3.63, 3.8) is 0 Å². The number of carbonyl (C=O) groups excluding carboxylic acids is 1. The van der Waals surface area contributed by atoms with E-state index in [4.69, 9.17) is 0 Å². The number of aryl methyl sites for hydroxylation is 1. The van der Waals surface area contributed by atoms with Crippen LogP contribution in [0.15, 0.2) is 59.5 Å². The van der Waals surface area contributed by atoms with E-state index in [-0.39, 0.29) is 23.0 Å². The summed E-state index contributed by atoms with van der Waals surface area (Å²) < 4.78 is 24.5. The number of sulfone groups is 1. The summed E-state index contributed by atoms with van der Waals surface area (Å²) in [5.41, 5.74) is 2.10. The van der Waals surface area contributed by atoms with Gasteiger partial charge < -0.3 is 10.2 Å². The number of hydrogen-bond donors (Lipinski definition) is 1. The van der Waals surface area contributed by atoms with Crippen molar-refractivity contribution >= 4 is 21.4 Å². The highest BCUT2D eigenvalue weighted by Gasteiger charge is 2.16. The van der Waals surface area contributed by atoms with Crippen LogP contribution in [-0.2, 0) is 14.6 Å². The number of para-hydroxylation sites is 1. The lowest BCUT2D eigenvalue weighted by Gasteiger charge is -2.23. The van der Waals surface area contributed by atoms with E-state index in [0.29, 0.717) is 13.1 Å². The number of carbonyl (C=O) groups is 1. The molecular formula is C20H26N2O3S. The quantitative estimate of drug-likeness (QED) is 0.733. The fraction of sp³-hybridized carbons (Fsp3) is 0.350. The lowest BCUT2D eigenvalue weighted by molar-refractivity contribution is -0.120. The number of benzene rings is 2. The Balaban J connectivity index is 1.79. The number of likely N-dealkylation sites (N-methyl/N-ethyl adjacent to an activating group) is 1. The van der Waals surface area contributed by atoms with E-state index in [9.17, 15) is 13.2 Å². The Bertz CT molecular complexity index is 803. The molecule has 0 aliphatic heterocycles. The molecule has 0 saturated heterocycles. The fourth-order valence-electron chi connectivity index (χ4n) is 2.62. The minimum Gasteiger partial charge on any atom is -0.370 e. The SMILES string of the molecule is CCN(CCNC(=O)CCS(=O)(=O)c1ccc(C)cc1)c1ccccc1. The molecule has 1 N–H and O–H groups in total. The van der Waals surface area contributed by atoms with Crippen molar-refractivity contribution in [1.82, 2.24) is 5.32 Å². The van der Waals surface area contributed by atoms with Gasteiger partial charge in [0.05, 0.1) is 10.6 Å². The first-order valence-corrected chi connectivity index (χ1v) is 10.4. The first kappa shape index (κ1) is 20.0. The van der Waals surface area contributed by atoms with E-state index in [1.165, 1.54) is 0 Å². The molecule has 5 nitrogen and oxygen atoms in total. The maximum absolute atomic E-state index is 12.3. The maximum atomic E-state index is 12.3. The van der Waals surface area contributed by atoms with Crippen molar-refractivity contribution in [3.05, 3.63) is 60.2 Å². The van der Waals surface area contributed by atoms with Gasteiger partial charge in [-0.15, -0.1) is 0 Å². The van der Waals surface area contributed by atoms with Crippen molar-refractivity contribution in [2.24, 2.45) is 0 Å². The third kappa shape index (κ3) is 5.88. The number of nitrogens with zero attached hydrogens (tertiary/aromatic N) is 1. The van der Waals surface area contributed by atoms with E-state index >= 15 is 0 Å². The van der Waals surface area contributed by atoms with Crippen molar-refractivity contribution in [3.8, 4) is 0 Å². The molecular weight excluding hydrogens is 348 g/mol. The third-order valence-electron chi connectivity index (χ3n) is 4.18. The largest absolute Gasteiger partial charge is 0.370 e. The predicted molar refractivity (Wildman–Crippen MR) is 105 cm³/mol.